The summed E-state index contributed by atoms with van der Waals surface area (Å²) in [6.07, 6.45) is 2.33. The van der Waals surface area contributed by atoms with Gasteiger partial charge in [-0.2, -0.15) is 0 Å². The van der Waals surface area contributed by atoms with Crippen molar-refractivity contribution >= 4 is 0 Å². The van der Waals surface area contributed by atoms with Gasteiger partial charge in [0.1, 0.15) is 11.9 Å². The smallest absolute Gasteiger partial charge is 0.123 e. The van der Waals surface area contributed by atoms with Crippen molar-refractivity contribution in [1.82, 2.24) is 5.32 Å². The van der Waals surface area contributed by atoms with Crippen molar-refractivity contribution in [3.05, 3.63) is 29.8 Å². The Balaban J connectivity index is 1.73. The van der Waals surface area contributed by atoms with E-state index in [1.54, 1.807) is 7.11 Å². The fourth-order valence-electron chi connectivity index (χ4n) is 2.10. The van der Waals surface area contributed by atoms with Crippen LogP contribution in [0.25, 0.3) is 0 Å². The van der Waals surface area contributed by atoms with Crippen LogP contribution in [0, 0.1) is 0 Å². The molecule has 1 aromatic carbocycles. The maximum atomic E-state index is 5.87. The van der Waals surface area contributed by atoms with Gasteiger partial charge in [0.05, 0.1) is 0 Å². The summed E-state index contributed by atoms with van der Waals surface area (Å²) in [5.74, 6) is 1.05. The molecular weight excluding hydrogens is 214 g/mol. The van der Waals surface area contributed by atoms with E-state index in [4.69, 9.17) is 9.47 Å². The topological polar surface area (TPSA) is 30.5 Å². The molecule has 1 heterocycles. The Hall–Kier alpha value is -1.06. The van der Waals surface area contributed by atoms with E-state index in [2.05, 4.69) is 24.4 Å². The van der Waals surface area contributed by atoms with Crippen LogP contribution in [0.2, 0.25) is 0 Å². The number of ether oxygens (including phenoxy) is 2. The van der Waals surface area contributed by atoms with E-state index in [9.17, 15) is 0 Å². The van der Waals surface area contributed by atoms with Gasteiger partial charge in [0.2, 0.25) is 0 Å². The molecule has 0 fully saturated rings. The van der Waals surface area contributed by atoms with E-state index in [1.165, 1.54) is 5.56 Å². The maximum absolute atomic E-state index is 5.87. The highest BCUT2D eigenvalue weighted by molar-refractivity contribution is 5.37. The third-order valence-electron chi connectivity index (χ3n) is 3.16. The van der Waals surface area contributed by atoms with Crippen molar-refractivity contribution in [2.75, 3.05) is 20.3 Å². The van der Waals surface area contributed by atoms with Crippen molar-refractivity contribution in [1.29, 1.82) is 0 Å². The number of benzene rings is 1. The number of hydrogen-bond donors (Lipinski definition) is 1. The second-order valence-electron chi connectivity index (χ2n) is 4.64. The molecule has 94 valence electrons. The average Bonchev–Trinajstić information content (AvgIpc) is 2.76. The Bertz CT molecular complexity index is 329. The number of nitrogens with one attached hydrogen (secondary N) is 1. The Labute approximate surface area is 103 Å². The van der Waals surface area contributed by atoms with Crippen LogP contribution >= 0.6 is 0 Å². The minimum atomic E-state index is 0.275. The number of methoxy groups -OCH3 is 1. The zero-order chi connectivity index (χ0) is 12.1. The lowest BCUT2D eigenvalue weighted by atomic mass is 10.1. The van der Waals surface area contributed by atoms with Gasteiger partial charge in [0.15, 0.2) is 0 Å². The molecule has 1 aliphatic rings. The second kappa shape index (κ2) is 6.03. The monoisotopic (exact) mass is 235 g/mol. The van der Waals surface area contributed by atoms with Crippen LogP contribution < -0.4 is 10.1 Å². The lowest BCUT2D eigenvalue weighted by Gasteiger charge is -2.16. The fraction of sp³-hybridized carbons (Fsp3) is 0.571. The van der Waals surface area contributed by atoms with Crippen LogP contribution in [-0.2, 0) is 11.2 Å². The van der Waals surface area contributed by atoms with Gasteiger partial charge >= 0.3 is 0 Å². The lowest BCUT2D eigenvalue weighted by molar-refractivity contribution is 0.177. The van der Waals surface area contributed by atoms with Crippen molar-refractivity contribution in [3.63, 3.8) is 0 Å². The van der Waals surface area contributed by atoms with Crippen molar-refractivity contribution in [2.45, 2.75) is 31.9 Å². The molecule has 0 radical (unpaired) electrons. The molecule has 0 aliphatic carbocycles. The molecule has 3 nitrogen and oxygen atoms in total. The molecule has 2 atom stereocenters. The summed E-state index contributed by atoms with van der Waals surface area (Å²) in [6.45, 7) is 3.89. The predicted molar refractivity (Wildman–Crippen MR) is 68.5 cm³/mol. The van der Waals surface area contributed by atoms with Crippen LogP contribution in [0.4, 0.5) is 0 Å². The van der Waals surface area contributed by atoms with Gasteiger partial charge in [-0.15, -0.1) is 0 Å². The van der Waals surface area contributed by atoms with Crippen LogP contribution in [0.15, 0.2) is 24.3 Å². The molecule has 0 aromatic heterocycles. The Morgan fingerprint density at radius 2 is 2.29 bits per heavy atom. The van der Waals surface area contributed by atoms with Gasteiger partial charge in [-0.25, -0.2) is 0 Å². The van der Waals surface area contributed by atoms with E-state index in [0.29, 0.717) is 6.04 Å². The molecule has 17 heavy (non-hydrogen) atoms. The molecule has 1 aliphatic heterocycles. The highest BCUT2D eigenvalue weighted by atomic mass is 16.5. The minimum Gasteiger partial charge on any atom is -0.488 e. The Kier molecular flexibility index (Phi) is 4.40. The third-order valence-corrected chi connectivity index (χ3v) is 3.16. The summed E-state index contributed by atoms with van der Waals surface area (Å²) in [4.78, 5) is 0. The summed E-state index contributed by atoms with van der Waals surface area (Å²) in [5, 5.41) is 3.49. The molecule has 0 saturated carbocycles. The Morgan fingerprint density at radius 3 is 3.06 bits per heavy atom. The van der Waals surface area contributed by atoms with Crippen molar-refractivity contribution < 1.29 is 9.47 Å². The van der Waals surface area contributed by atoms with Gasteiger partial charge in [0.25, 0.3) is 0 Å². The van der Waals surface area contributed by atoms with E-state index < -0.39 is 0 Å². The Morgan fingerprint density at radius 1 is 1.47 bits per heavy atom. The molecule has 3 heteroatoms. The quantitative estimate of drug-likeness (QED) is 0.818. The van der Waals surface area contributed by atoms with Gasteiger partial charge in [0, 0.05) is 32.7 Å². The number of hydrogen-bond acceptors (Lipinski definition) is 3. The van der Waals surface area contributed by atoms with Gasteiger partial charge in [-0.1, -0.05) is 18.2 Å². The van der Waals surface area contributed by atoms with Gasteiger partial charge in [-0.05, 0) is 25.0 Å². The van der Waals surface area contributed by atoms with Crippen molar-refractivity contribution in [2.24, 2.45) is 0 Å². The zero-order valence-electron chi connectivity index (χ0n) is 10.6. The molecule has 0 amide bonds. The summed E-state index contributed by atoms with van der Waals surface area (Å²) < 4.78 is 10.9. The lowest BCUT2D eigenvalue weighted by Crippen LogP contribution is -2.36. The first-order valence-electron chi connectivity index (χ1n) is 6.26. The molecule has 1 N–H and O–H groups in total. The normalized spacial score (nSPS) is 19.8. The molecule has 2 unspecified atom stereocenters. The SMILES string of the molecule is COCCC(C)NCC1Cc2ccccc2O1. The van der Waals surface area contributed by atoms with Crippen LogP contribution in [0.5, 0.6) is 5.75 Å². The third kappa shape index (κ3) is 3.45. The molecule has 0 spiro atoms. The van der Waals surface area contributed by atoms with Crippen LogP contribution in [-0.4, -0.2) is 32.4 Å². The van der Waals surface area contributed by atoms with Crippen LogP contribution in [0.3, 0.4) is 0 Å². The highest BCUT2D eigenvalue weighted by Crippen LogP contribution is 2.27. The zero-order valence-corrected chi connectivity index (χ0v) is 10.6. The number of rotatable bonds is 6. The number of fused-ring (bicyclic) bond motifs is 1. The van der Waals surface area contributed by atoms with Crippen LogP contribution in [0.1, 0.15) is 18.9 Å². The summed E-state index contributed by atoms with van der Waals surface area (Å²) in [5.41, 5.74) is 1.32. The number of para-hydroxylation sites is 1. The van der Waals surface area contributed by atoms with E-state index in [1.807, 2.05) is 12.1 Å². The molecular formula is C14H21NO2. The first-order chi connectivity index (χ1) is 8.29. The summed E-state index contributed by atoms with van der Waals surface area (Å²) in [7, 11) is 1.74. The van der Waals surface area contributed by atoms with Gasteiger partial charge < -0.3 is 14.8 Å². The first-order valence-corrected chi connectivity index (χ1v) is 6.26. The average molecular weight is 235 g/mol. The second-order valence-corrected chi connectivity index (χ2v) is 4.64. The standard InChI is InChI=1S/C14H21NO2/c1-11(7-8-16-2)15-10-13-9-12-5-3-4-6-14(12)17-13/h3-6,11,13,15H,7-10H2,1-2H3. The largest absolute Gasteiger partial charge is 0.488 e. The van der Waals surface area contributed by atoms with Gasteiger partial charge in [-0.3, -0.25) is 0 Å². The first kappa shape index (κ1) is 12.4. The minimum absolute atomic E-state index is 0.275. The highest BCUT2D eigenvalue weighted by Gasteiger charge is 2.22. The van der Waals surface area contributed by atoms with Crippen molar-refractivity contribution in [3.8, 4) is 5.75 Å². The molecule has 0 bridgehead atoms. The van der Waals surface area contributed by atoms with E-state index in [-0.39, 0.29) is 6.10 Å². The van der Waals surface area contributed by atoms with E-state index >= 15 is 0 Å². The maximum Gasteiger partial charge on any atom is 0.123 e. The van der Waals surface area contributed by atoms with E-state index in [0.717, 1.165) is 31.7 Å². The molecule has 0 saturated heterocycles. The fourth-order valence-corrected chi connectivity index (χ4v) is 2.10. The summed E-state index contributed by atoms with van der Waals surface area (Å²) >= 11 is 0. The molecule has 2 rings (SSSR count). The summed E-state index contributed by atoms with van der Waals surface area (Å²) in [6, 6.07) is 8.75. The molecule has 1 aromatic rings. The predicted octanol–water partition coefficient (Wildman–Crippen LogP) is 2.00.